The van der Waals surface area contributed by atoms with E-state index in [0.717, 1.165) is 12.4 Å². The summed E-state index contributed by atoms with van der Waals surface area (Å²) in [5.74, 6) is 0.921. The van der Waals surface area contributed by atoms with Gasteiger partial charge in [0.15, 0.2) is 0 Å². The van der Waals surface area contributed by atoms with Gasteiger partial charge in [-0.25, -0.2) is 0 Å². The fourth-order valence-electron chi connectivity index (χ4n) is 2.03. The van der Waals surface area contributed by atoms with Crippen molar-refractivity contribution in [3.8, 4) is 5.75 Å². The molecule has 0 radical (unpaired) electrons. The van der Waals surface area contributed by atoms with Crippen LogP contribution in [-0.2, 0) is 11.3 Å². The third kappa shape index (κ3) is 2.71. The second-order valence-electron chi connectivity index (χ2n) is 4.68. The van der Waals surface area contributed by atoms with Crippen LogP contribution in [-0.4, -0.2) is 6.61 Å². The van der Waals surface area contributed by atoms with Crippen LogP contribution >= 0.6 is 0 Å². The van der Waals surface area contributed by atoms with Crippen LogP contribution in [0.25, 0.3) is 0 Å². The zero-order valence-corrected chi connectivity index (χ0v) is 10.4. The molecule has 0 aliphatic carbocycles. The van der Waals surface area contributed by atoms with Gasteiger partial charge in [0.25, 0.3) is 0 Å². The van der Waals surface area contributed by atoms with Crippen LogP contribution in [0.3, 0.4) is 0 Å². The van der Waals surface area contributed by atoms with E-state index >= 15 is 0 Å². The Morgan fingerprint density at radius 1 is 1.17 bits per heavy atom. The first-order chi connectivity index (χ1) is 8.81. The van der Waals surface area contributed by atoms with Gasteiger partial charge in [-0.1, -0.05) is 36.4 Å². The Balaban J connectivity index is 1.72. The minimum Gasteiger partial charge on any atom is -0.489 e. The summed E-state index contributed by atoms with van der Waals surface area (Å²) >= 11 is 0. The van der Waals surface area contributed by atoms with E-state index in [1.807, 2.05) is 18.2 Å². The van der Waals surface area contributed by atoms with E-state index in [9.17, 15) is 0 Å². The lowest BCUT2D eigenvalue weighted by Crippen LogP contribution is -1.96. The number of epoxide rings is 1. The Morgan fingerprint density at radius 2 is 1.94 bits per heavy atom. The van der Waals surface area contributed by atoms with E-state index in [1.165, 1.54) is 16.7 Å². The Labute approximate surface area is 107 Å². The van der Waals surface area contributed by atoms with Crippen molar-refractivity contribution in [1.29, 1.82) is 0 Å². The Kier molecular flexibility index (Phi) is 3.03. The molecule has 1 aliphatic heterocycles. The number of ether oxygens (including phenoxy) is 2. The van der Waals surface area contributed by atoms with E-state index in [4.69, 9.17) is 9.47 Å². The topological polar surface area (TPSA) is 21.8 Å². The summed E-state index contributed by atoms with van der Waals surface area (Å²) in [6, 6.07) is 16.5. The molecule has 1 atom stereocenters. The molecule has 1 saturated heterocycles. The zero-order chi connectivity index (χ0) is 12.4. The maximum Gasteiger partial charge on any atom is 0.120 e. The predicted molar refractivity (Wildman–Crippen MR) is 70.6 cm³/mol. The molecule has 1 heterocycles. The molecule has 18 heavy (non-hydrogen) atoms. The third-order valence-electron chi connectivity index (χ3n) is 3.03. The van der Waals surface area contributed by atoms with Crippen LogP contribution in [0.15, 0.2) is 48.5 Å². The summed E-state index contributed by atoms with van der Waals surface area (Å²) in [6.07, 6.45) is 0.281. The van der Waals surface area contributed by atoms with Gasteiger partial charge in [0.05, 0.1) is 6.61 Å². The molecule has 2 aromatic rings. The van der Waals surface area contributed by atoms with Gasteiger partial charge < -0.3 is 9.47 Å². The molecule has 3 rings (SSSR count). The highest BCUT2D eigenvalue weighted by Crippen LogP contribution is 2.32. The van der Waals surface area contributed by atoms with Gasteiger partial charge in [0.1, 0.15) is 18.5 Å². The van der Waals surface area contributed by atoms with Gasteiger partial charge in [-0.05, 0) is 35.7 Å². The van der Waals surface area contributed by atoms with Crippen molar-refractivity contribution in [3.05, 3.63) is 65.2 Å². The number of rotatable bonds is 4. The number of benzene rings is 2. The molecule has 2 aromatic carbocycles. The van der Waals surface area contributed by atoms with Gasteiger partial charge in [-0.2, -0.15) is 0 Å². The molecule has 1 aliphatic rings. The molecule has 1 unspecified atom stereocenters. The average molecular weight is 240 g/mol. The van der Waals surface area contributed by atoms with E-state index in [-0.39, 0.29) is 6.10 Å². The summed E-state index contributed by atoms with van der Waals surface area (Å²) < 4.78 is 11.1. The average Bonchev–Trinajstić information content (AvgIpc) is 3.21. The van der Waals surface area contributed by atoms with Gasteiger partial charge in [-0.3, -0.25) is 0 Å². The first kappa shape index (κ1) is 11.3. The maximum absolute atomic E-state index is 5.84. The summed E-state index contributed by atoms with van der Waals surface area (Å²) in [4.78, 5) is 0. The third-order valence-corrected chi connectivity index (χ3v) is 3.03. The Bertz CT molecular complexity index is 530. The van der Waals surface area contributed by atoms with E-state index in [2.05, 4.69) is 37.3 Å². The number of hydrogen-bond acceptors (Lipinski definition) is 2. The lowest BCUT2D eigenvalue weighted by atomic mass is 10.1. The highest BCUT2D eigenvalue weighted by molar-refractivity contribution is 5.36. The fraction of sp³-hybridized carbons (Fsp3) is 0.250. The summed E-state index contributed by atoms with van der Waals surface area (Å²) in [5, 5.41) is 0. The number of aryl methyl sites for hydroxylation is 1. The summed E-state index contributed by atoms with van der Waals surface area (Å²) in [7, 11) is 0. The van der Waals surface area contributed by atoms with Crippen molar-refractivity contribution in [3.63, 3.8) is 0 Å². The summed E-state index contributed by atoms with van der Waals surface area (Å²) in [5.41, 5.74) is 3.62. The normalized spacial score (nSPS) is 17.5. The highest BCUT2D eigenvalue weighted by atomic mass is 16.6. The summed E-state index contributed by atoms with van der Waals surface area (Å²) in [6.45, 7) is 3.53. The molecular weight excluding hydrogens is 224 g/mol. The van der Waals surface area contributed by atoms with Gasteiger partial charge >= 0.3 is 0 Å². The standard InChI is InChI=1S/C16H16O2/c1-12-7-14(16-11-18-16)9-15(8-12)17-10-13-5-3-2-4-6-13/h2-9,16H,10-11H2,1H3. The SMILES string of the molecule is Cc1cc(OCc2ccccc2)cc(C2CO2)c1. The quantitative estimate of drug-likeness (QED) is 0.761. The Hall–Kier alpha value is -1.80. The van der Waals surface area contributed by atoms with Crippen LogP contribution in [0.4, 0.5) is 0 Å². The Morgan fingerprint density at radius 3 is 2.67 bits per heavy atom. The zero-order valence-electron chi connectivity index (χ0n) is 10.4. The second-order valence-corrected chi connectivity index (χ2v) is 4.68. The monoisotopic (exact) mass is 240 g/mol. The van der Waals surface area contributed by atoms with Crippen LogP contribution in [0.1, 0.15) is 22.8 Å². The fourth-order valence-corrected chi connectivity index (χ4v) is 2.03. The van der Waals surface area contributed by atoms with Crippen LogP contribution < -0.4 is 4.74 Å². The molecule has 2 heteroatoms. The van der Waals surface area contributed by atoms with Crippen LogP contribution in [0.2, 0.25) is 0 Å². The molecule has 0 N–H and O–H groups in total. The lowest BCUT2D eigenvalue weighted by Gasteiger charge is -2.09. The molecular formula is C16H16O2. The van der Waals surface area contributed by atoms with Gasteiger partial charge in [0, 0.05) is 0 Å². The van der Waals surface area contributed by atoms with E-state index in [0.29, 0.717) is 6.61 Å². The molecule has 0 amide bonds. The van der Waals surface area contributed by atoms with Crippen molar-refractivity contribution < 1.29 is 9.47 Å². The van der Waals surface area contributed by atoms with Crippen molar-refractivity contribution >= 4 is 0 Å². The van der Waals surface area contributed by atoms with Crippen LogP contribution in [0.5, 0.6) is 5.75 Å². The molecule has 0 saturated carbocycles. The first-order valence-electron chi connectivity index (χ1n) is 6.21. The molecule has 0 bridgehead atoms. The predicted octanol–water partition coefficient (Wildman–Crippen LogP) is 3.65. The largest absolute Gasteiger partial charge is 0.489 e. The van der Waals surface area contributed by atoms with Crippen LogP contribution in [0, 0.1) is 6.92 Å². The van der Waals surface area contributed by atoms with Gasteiger partial charge in [0.2, 0.25) is 0 Å². The van der Waals surface area contributed by atoms with Gasteiger partial charge in [-0.15, -0.1) is 0 Å². The highest BCUT2D eigenvalue weighted by Gasteiger charge is 2.25. The van der Waals surface area contributed by atoms with Crippen molar-refractivity contribution in [1.82, 2.24) is 0 Å². The molecule has 1 fully saturated rings. The van der Waals surface area contributed by atoms with E-state index < -0.39 is 0 Å². The van der Waals surface area contributed by atoms with Crippen molar-refractivity contribution in [2.75, 3.05) is 6.61 Å². The second kappa shape index (κ2) is 4.83. The minimum atomic E-state index is 0.281. The number of hydrogen-bond donors (Lipinski definition) is 0. The first-order valence-corrected chi connectivity index (χ1v) is 6.21. The maximum atomic E-state index is 5.84. The van der Waals surface area contributed by atoms with Crippen molar-refractivity contribution in [2.45, 2.75) is 19.6 Å². The molecule has 92 valence electrons. The van der Waals surface area contributed by atoms with E-state index in [1.54, 1.807) is 0 Å². The molecule has 0 aromatic heterocycles. The minimum absolute atomic E-state index is 0.281. The smallest absolute Gasteiger partial charge is 0.120 e. The van der Waals surface area contributed by atoms with Crippen molar-refractivity contribution in [2.24, 2.45) is 0 Å². The molecule has 0 spiro atoms. The molecule has 2 nitrogen and oxygen atoms in total. The lowest BCUT2D eigenvalue weighted by molar-refractivity contribution is 0.305.